The maximum absolute atomic E-state index is 13.1. The highest BCUT2D eigenvalue weighted by Crippen LogP contribution is 2.32. The third-order valence-electron chi connectivity index (χ3n) is 6.74. The fourth-order valence-electron chi connectivity index (χ4n) is 4.57. The van der Waals surface area contributed by atoms with Gasteiger partial charge >= 0.3 is 11.6 Å². The van der Waals surface area contributed by atoms with E-state index in [1.165, 1.54) is 0 Å². The fraction of sp³-hybridized carbons (Fsp3) is 0.310. The van der Waals surface area contributed by atoms with E-state index in [2.05, 4.69) is 10.6 Å². The average molecular weight is 553 g/mol. The van der Waals surface area contributed by atoms with Crippen molar-refractivity contribution in [1.29, 1.82) is 0 Å². The normalized spacial score (nSPS) is 12.0. The van der Waals surface area contributed by atoms with Crippen LogP contribution in [-0.2, 0) is 27.2 Å². The largest absolute Gasteiger partial charge is 0.481 e. The lowest BCUT2D eigenvalue weighted by Gasteiger charge is -2.19. The van der Waals surface area contributed by atoms with Crippen molar-refractivity contribution in [3.63, 3.8) is 0 Å². The minimum absolute atomic E-state index is 0.0877. The molecule has 204 valence electrons. The quantitative estimate of drug-likeness (QED) is 0.196. The summed E-state index contributed by atoms with van der Waals surface area (Å²) >= 11 is 5.97. The number of carboxylic acid groups (broad SMARTS) is 1. The molecule has 10 heteroatoms. The van der Waals surface area contributed by atoms with Gasteiger partial charge in [0.05, 0.1) is 18.2 Å². The molecule has 0 aliphatic heterocycles. The summed E-state index contributed by atoms with van der Waals surface area (Å²) in [5.41, 5.74) is 3.66. The van der Waals surface area contributed by atoms with Gasteiger partial charge in [0.15, 0.2) is 0 Å². The van der Waals surface area contributed by atoms with Gasteiger partial charge in [-0.2, -0.15) is 0 Å². The molecule has 0 bridgehead atoms. The number of aryl methyl sites for hydroxylation is 3. The van der Waals surface area contributed by atoms with Crippen LogP contribution in [0.25, 0.3) is 21.9 Å². The van der Waals surface area contributed by atoms with Crippen LogP contribution < -0.4 is 16.3 Å². The van der Waals surface area contributed by atoms with E-state index in [1.807, 2.05) is 19.9 Å². The molecular formula is C29H29ClN2O7. The Labute approximate surface area is 229 Å². The van der Waals surface area contributed by atoms with Gasteiger partial charge in [-0.3, -0.25) is 14.4 Å². The molecule has 0 radical (unpaired) electrons. The van der Waals surface area contributed by atoms with E-state index < -0.39 is 29.5 Å². The van der Waals surface area contributed by atoms with Gasteiger partial charge in [-0.25, -0.2) is 4.79 Å². The summed E-state index contributed by atoms with van der Waals surface area (Å²) in [5, 5.41) is 16.4. The van der Waals surface area contributed by atoms with Crippen LogP contribution in [0.1, 0.15) is 40.7 Å². The van der Waals surface area contributed by atoms with E-state index in [0.717, 1.165) is 16.5 Å². The lowest BCUT2D eigenvalue weighted by molar-refractivity contribution is -0.137. The first kappa shape index (κ1) is 27.9. The van der Waals surface area contributed by atoms with Crippen molar-refractivity contribution < 1.29 is 28.3 Å². The van der Waals surface area contributed by atoms with E-state index in [1.54, 1.807) is 37.5 Å². The van der Waals surface area contributed by atoms with Crippen LogP contribution in [0.4, 0.5) is 0 Å². The van der Waals surface area contributed by atoms with Crippen LogP contribution >= 0.6 is 11.6 Å². The molecule has 9 nitrogen and oxygen atoms in total. The fourth-order valence-corrected chi connectivity index (χ4v) is 4.69. The minimum atomic E-state index is -0.960. The topological polar surface area (TPSA) is 139 Å². The lowest BCUT2D eigenvalue weighted by Crippen LogP contribution is -2.49. The molecule has 0 fully saturated rings. The number of hydrogen-bond donors (Lipinski definition) is 3. The Morgan fingerprint density at radius 3 is 2.44 bits per heavy atom. The van der Waals surface area contributed by atoms with E-state index >= 15 is 0 Å². The first-order valence-electron chi connectivity index (χ1n) is 12.5. The Bertz CT molecular complexity index is 1620. The zero-order valence-electron chi connectivity index (χ0n) is 21.9. The van der Waals surface area contributed by atoms with E-state index in [9.17, 15) is 19.2 Å². The molecule has 2 heterocycles. The minimum Gasteiger partial charge on any atom is -0.481 e. The third-order valence-corrected chi connectivity index (χ3v) is 7.00. The Morgan fingerprint density at radius 2 is 1.74 bits per heavy atom. The van der Waals surface area contributed by atoms with E-state index in [0.29, 0.717) is 32.7 Å². The first-order valence-corrected chi connectivity index (χ1v) is 12.9. The highest BCUT2D eigenvalue weighted by molar-refractivity contribution is 6.30. The third kappa shape index (κ3) is 6.31. The first-order chi connectivity index (χ1) is 18.5. The Hall–Kier alpha value is -4.11. The number of nitrogens with one attached hydrogen (secondary N) is 2. The molecule has 0 unspecified atom stereocenters. The van der Waals surface area contributed by atoms with Gasteiger partial charge in [-0.05, 0) is 62.1 Å². The van der Waals surface area contributed by atoms with Crippen LogP contribution in [0, 0.1) is 20.8 Å². The highest BCUT2D eigenvalue weighted by atomic mass is 35.5. The predicted molar refractivity (Wildman–Crippen MR) is 147 cm³/mol. The number of benzene rings is 2. The molecule has 4 aromatic rings. The van der Waals surface area contributed by atoms with Gasteiger partial charge in [0.1, 0.15) is 17.2 Å². The molecule has 0 aliphatic rings. The molecule has 2 aromatic carbocycles. The zero-order chi connectivity index (χ0) is 28.3. The molecule has 2 aromatic heterocycles. The second kappa shape index (κ2) is 11.7. The number of furan rings is 1. The van der Waals surface area contributed by atoms with Crippen molar-refractivity contribution >= 4 is 51.3 Å². The van der Waals surface area contributed by atoms with Gasteiger partial charge in [0.2, 0.25) is 11.8 Å². The van der Waals surface area contributed by atoms with Crippen LogP contribution in [0.2, 0.25) is 5.02 Å². The molecule has 0 aliphatic carbocycles. The summed E-state index contributed by atoms with van der Waals surface area (Å²) < 4.78 is 11.3. The van der Waals surface area contributed by atoms with Crippen LogP contribution in [0.15, 0.2) is 50.2 Å². The van der Waals surface area contributed by atoms with Crippen molar-refractivity contribution in [2.24, 2.45) is 0 Å². The summed E-state index contributed by atoms with van der Waals surface area (Å²) in [6.45, 7) is 5.65. The van der Waals surface area contributed by atoms with Crippen molar-refractivity contribution in [3.8, 4) is 0 Å². The number of amides is 2. The second-order valence-corrected chi connectivity index (χ2v) is 10.0. The maximum Gasteiger partial charge on any atom is 0.340 e. The average Bonchev–Trinajstić information content (AvgIpc) is 3.26. The number of carboxylic acids is 1. The van der Waals surface area contributed by atoms with Crippen LogP contribution in [-0.4, -0.2) is 35.5 Å². The summed E-state index contributed by atoms with van der Waals surface area (Å²) in [6, 6.07) is 7.82. The zero-order valence-corrected chi connectivity index (χ0v) is 22.6. The van der Waals surface area contributed by atoms with E-state index in [4.69, 9.17) is 25.5 Å². The number of aliphatic carboxylic acids is 1. The number of rotatable bonds is 10. The predicted octanol–water partition coefficient (Wildman–Crippen LogP) is 4.37. The van der Waals surface area contributed by atoms with Gasteiger partial charge in [-0.15, -0.1) is 0 Å². The van der Waals surface area contributed by atoms with Gasteiger partial charge < -0.3 is 24.6 Å². The monoisotopic (exact) mass is 552 g/mol. The van der Waals surface area contributed by atoms with Crippen molar-refractivity contribution in [1.82, 2.24) is 10.6 Å². The number of hydrogen-bond acceptors (Lipinski definition) is 6. The molecule has 1 atom stereocenters. The van der Waals surface area contributed by atoms with Gasteiger partial charge in [0.25, 0.3) is 0 Å². The van der Waals surface area contributed by atoms with E-state index in [-0.39, 0.29) is 37.8 Å². The summed E-state index contributed by atoms with van der Waals surface area (Å²) in [5.74, 6) is -1.94. The molecule has 0 spiro atoms. The number of halogens is 1. The molecule has 2 amide bonds. The summed E-state index contributed by atoms with van der Waals surface area (Å²) in [6.07, 6.45) is 1.70. The Morgan fingerprint density at radius 1 is 1.03 bits per heavy atom. The molecule has 3 N–H and O–H groups in total. The SMILES string of the molecule is Cc1coc2c(C)c3oc(=O)c(CC(=O)N[C@@H](Cc4ccc(Cl)cc4)C(=O)NCCCC(=O)O)c(C)c3cc12. The summed E-state index contributed by atoms with van der Waals surface area (Å²) in [4.78, 5) is 49.8. The number of carbonyl (C=O) groups is 3. The molecule has 4 rings (SSSR count). The van der Waals surface area contributed by atoms with Gasteiger partial charge in [0, 0.05) is 40.7 Å². The Balaban J connectivity index is 1.57. The van der Waals surface area contributed by atoms with Crippen LogP contribution in [0.3, 0.4) is 0 Å². The maximum atomic E-state index is 13.1. The molecule has 0 saturated heterocycles. The van der Waals surface area contributed by atoms with Crippen molar-refractivity contribution in [2.75, 3.05) is 6.54 Å². The molecule has 0 saturated carbocycles. The Kier molecular flexibility index (Phi) is 8.40. The van der Waals surface area contributed by atoms with Crippen molar-refractivity contribution in [2.45, 2.75) is 52.5 Å². The smallest absolute Gasteiger partial charge is 0.340 e. The van der Waals surface area contributed by atoms with Crippen LogP contribution in [0.5, 0.6) is 0 Å². The lowest BCUT2D eigenvalue weighted by atomic mass is 9.98. The van der Waals surface area contributed by atoms with Gasteiger partial charge in [-0.1, -0.05) is 23.7 Å². The molecular weight excluding hydrogens is 524 g/mol. The highest BCUT2D eigenvalue weighted by Gasteiger charge is 2.24. The number of carbonyl (C=O) groups excluding carboxylic acids is 2. The molecule has 39 heavy (non-hydrogen) atoms. The van der Waals surface area contributed by atoms with Crippen molar-refractivity contribution in [3.05, 3.63) is 79.9 Å². The second-order valence-electron chi connectivity index (χ2n) is 9.58. The summed E-state index contributed by atoms with van der Waals surface area (Å²) in [7, 11) is 0. The number of fused-ring (bicyclic) bond motifs is 2. The standard InChI is InChI=1S/C29H29ClN2O7/c1-15-14-38-26-17(3)27-21(12-20(15)26)16(2)22(29(37)39-27)13-24(33)32-23(11-18-6-8-19(30)9-7-18)28(36)31-10-4-5-25(34)35/h6-9,12,14,23H,4-5,10-11,13H2,1-3H3,(H,31,36)(H,32,33)(H,34,35)/t23-/m0/s1.